The van der Waals surface area contributed by atoms with E-state index in [1.54, 1.807) is 29.4 Å². The molecule has 6 nitrogen and oxygen atoms in total. The molecule has 164 valence electrons. The zero-order chi connectivity index (χ0) is 22.4. The Morgan fingerprint density at radius 1 is 1.06 bits per heavy atom. The summed E-state index contributed by atoms with van der Waals surface area (Å²) >= 11 is 0. The number of hydrogen-bond acceptors (Lipinski definition) is 4. The minimum absolute atomic E-state index is 0.000453. The molecule has 6 heteroatoms. The molecule has 2 amide bonds. The third kappa shape index (κ3) is 4.54. The Balaban J connectivity index is 1.68. The van der Waals surface area contributed by atoms with E-state index in [1.165, 1.54) is 0 Å². The Kier molecular flexibility index (Phi) is 6.59. The van der Waals surface area contributed by atoms with Crippen LogP contribution in [-0.4, -0.2) is 46.3 Å². The first-order valence-electron chi connectivity index (χ1n) is 11.1. The van der Waals surface area contributed by atoms with Gasteiger partial charge in [0.2, 0.25) is 5.91 Å². The monoisotopic (exact) mass is 428 g/mol. The minimum Gasteiger partial charge on any atom is -0.356 e. The average Bonchev–Trinajstić information content (AvgIpc) is 2.85. The molecule has 0 saturated carbocycles. The fourth-order valence-corrected chi connectivity index (χ4v) is 4.56. The van der Waals surface area contributed by atoms with Crippen molar-refractivity contribution in [2.45, 2.75) is 26.2 Å². The van der Waals surface area contributed by atoms with Crippen LogP contribution in [0.4, 0.5) is 0 Å². The van der Waals surface area contributed by atoms with E-state index in [4.69, 9.17) is 0 Å². The molecule has 32 heavy (non-hydrogen) atoms. The van der Waals surface area contributed by atoms with Gasteiger partial charge in [-0.3, -0.25) is 19.6 Å². The van der Waals surface area contributed by atoms with Gasteiger partial charge in [0.15, 0.2) is 0 Å². The van der Waals surface area contributed by atoms with Gasteiger partial charge in [0.25, 0.3) is 5.91 Å². The van der Waals surface area contributed by atoms with Crippen molar-refractivity contribution in [2.24, 2.45) is 5.41 Å². The lowest BCUT2D eigenvalue weighted by Gasteiger charge is -2.42. The molecule has 2 aromatic heterocycles. The lowest BCUT2D eigenvalue weighted by molar-refractivity contribution is -0.133. The summed E-state index contributed by atoms with van der Waals surface area (Å²) in [5, 5.41) is 3.03. The number of benzene rings is 1. The predicted molar refractivity (Wildman–Crippen MR) is 124 cm³/mol. The lowest BCUT2D eigenvalue weighted by Crippen LogP contribution is -2.54. The van der Waals surface area contributed by atoms with E-state index in [2.05, 4.69) is 27.4 Å². The second kappa shape index (κ2) is 9.73. The Hall–Kier alpha value is -3.54. The second-order valence-corrected chi connectivity index (χ2v) is 8.26. The highest BCUT2D eigenvalue weighted by molar-refractivity contribution is 5.93. The summed E-state index contributed by atoms with van der Waals surface area (Å²) in [5.41, 5.74) is 2.88. The Morgan fingerprint density at radius 2 is 1.91 bits per heavy atom. The number of carbonyl (C=O) groups is 2. The van der Waals surface area contributed by atoms with Gasteiger partial charge >= 0.3 is 0 Å². The van der Waals surface area contributed by atoms with E-state index in [9.17, 15) is 9.59 Å². The molecule has 3 aromatic rings. The third-order valence-electron chi connectivity index (χ3n) is 6.09. The van der Waals surface area contributed by atoms with Crippen LogP contribution in [0.15, 0.2) is 73.2 Å². The molecule has 1 aliphatic rings. The van der Waals surface area contributed by atoms with E-state index in [0.717, 1.165) is 29.5 Å². The molecule has 1 fully saturated rings. The van der Waals surface area contributed by atoms with Gasteiger partial charge in [0, 0.05) is 43.8 Å². The van der Waals surface area contributed by atoms with Gasteiger partial charge < -0.3 is 10.2 Å². The van der Waals surface area contributed by atoms with Crippen LogP contribution in [0.5, 0.6) is 0 Å². The molecule has 0 bridgehead atoms. The number of pyridine rings is 2. The predicted octanol–water partition coefficient (Wildman–Crippen LogP) is 3.74. The molecule has 1 atom stereocenters. The normalized spacial score (nSPS) is 18.2. The number of nitrogens with one attached hydrogen (secondary N) is 1. The first kappa shape index (κ1) is 21.7. The van der Waals surface area contributed by atoms with Crippen LogP contribution >= 0.6 is 0 Å². The first-order valence-corrected chi connectivity index (χ1v) is 11.1. The summed E-state index contributed by atoms with van der Waals surface area (Å²) in [6, 6.07) is 17.4. The van der Waals surface area contributed by atoms with Crippen LogP contribution in [0.2, 0.25) is 0 Å². The van der Waals surface area contributed by atoms with E-state index in [1.807, 2.05) is 43.5 Å². The molecule has 1 N–H and O–H groups in total. The number of rotatable bonds is 6. The number of amides is 2. The Bertz CT molecular complexity index is 1070. The highest BCUT2D eigenvalue weighted by atomic mass is 16.2. The van der Waals surface area contributed by atoms with E-state index >= 15 is 0 Å². The third-order valence-corrected chi connectivity index (χ3v) is 6.09. The van der Waals surface area contributed by atoms with Crippen molar-refractivity contribution in [3.63, 3.8) is 0 Å². The Morgan fingerprint density at radius 3 is 2.66 bits per heavy atom. The van der Waals surface area contributed by atoms with Crippen LogP contribution in [0.25, 0.3) is 11.1 Å². The fraction of sp³-hybridized carbons (Fsp3) is 0.308. The van der Waals surface area contributed by atoms with Crippen molar-refractivity contribution in [2.75, 3.05) is 19.6 Å². The molecular weight excluding hydrogens is 400 g/mol. The summed E-state index contributed by atoms with van der Waals surface area (Å²) in [7, 11) is 0. The summed E-state index contributed by atoms with van der Waals surface area (Å²) < 4.78 is 0. The number of hydrogen-bond donors (Lipinski definition) is 1. The van der Waals surface area contributed by atoms with E-state index in [-0.39, 0.29) is 11.8 Å². The summed E-state index contributed by atoms with van der Waals surface area (Å²) in [5.74, 6) is -0.126. The molecule has 0 radical (unpaired) electrons. The quantitative estimate of drug-likeness (QED) is 0.649. The van der Waals surface area contributed by atoms with Crippen LogP contribution < -0.4 is 5.32 Å². The summed E-state index contributed by atoms with van der Waals surface area (Å²) in [4.78, 5) is 36.8. The van der Waals surface area contributed by atoms with Crippen molar-refractivity contribution in [1.29, 1.82) is 0 Å². The van der Waals surface area contributed by atoms with Gasteiger partial charge in [0.1, 0.15) is 5.69 Å². The van der Waals surface area contributed by atoms with E-state index in [0.29, 0.717) is 31.7 Å². The number of aromatic nitrogens is 2. The maximum atomic E-state index is 13.4. The van der Waals surface area contributed by atoms with Crippen molar-refractivity contribution in [3.05, 3.63) is 84.4 Å². The highest BCUT2D eigenvalue weighted by Crippen LogP contribution is 2.37. The zero-order valence-corrected chi connectivity index (χ0v) is 18.3. The van der Waals surface area contributed by atoms with Gasteiger partial charge in [-0.1, -0.05) is 36.4 Å². The van der Waals surface area contributed by atoms with Gasteiger partial charge in [-0.15, -0.1) is 0 Å². The standard InChI is InChI=1S/C26H28N4O2/c1-2-28-25(32)26(13-8-16-30(19-26)24(31)23-12-5-6-15-29-23)17-20-9-3-4-11-22(20)21-10-7-14-27-18-21/h3-7,9-12,14-15,18H,2,8,13,16-17,19H2,1H3,(H,28,32)/t26-/m1/s1. The molecule has 1 aliphatic heterocycles. The maximum absolute atomic E-state index is 13.4. The van der Waals surface area contributed by atoms with Crippen molar-refractivity contribution in [3.8, 4) is 11.1 Å². The first-order chi connectivity index (χ1) is 15.6. The summed E-state index contributed by atoms with van der Waals surface area (Å²) in [6.07, 6.45) is 7.27. The lowest BCUT2D eigenvalue weighted by atomic mass is 9.73. The van der Waals surface area contributed by atoms with E-state index < -0.39 is 5.41 Å². The molecule has 1 aromatic carbocycles. The average molecular weight is 429 g/mol. The van der Waals surface area contributed by atoms with Crippen molar-refractivity contribution < 1.29 is 9.59 Å². The van der Waals surface area contributed by atoms with Gasteiger partial charge in [-0.25, -0.2) is 0 Å². The maximum Gasteiger partial charge on any atom is 0.272 e. The molecular formula is C26H28N4O2. The Labute approximate surface area is 188 Å². The fourth-order valence-electron chi connectivity index (χ4n) is 4.56. The number of carbonyl (C=O) groups excluding carboxylic acids is 2. The second-order valence-electron chi connectivity index (χ2n) is 8.26. The smallest absolute Gasteiger partial charge is 0.272 e. The van der Waals surface area contributed by atoms with Gasteiger partial charge in [-0.2, -0.15) is 0 Å². The molecule has 0 aliphatic carbocycles. The molecule has 4 rings (SSSR count). The summed E-state index contributed by atoms with van der Waals surface area (Å²) in [6.45, 7) is 3.48. The molecule has 1 saturated heterocycles. The molecule has 0 spiro atoms. The number of piperidine rings is 1. The van der Waals surface area contributed by atoms with Crippen LogP contribution in [-0.2, 0) is 11.2 Å². The molecule has 0 unspecified atom stereocenters. The minimum atomic E-state index is -0.697. The van der Waals surface area contributed by atoms with Crippen LogP contribution in [0.3, 0.4) is 0 Å². The topological polar surface area (TPSA) is 75.2 Å². The highest BCUT2D eigenvalue weighted by Gasteiger charge is 2.44. The number of likely N-dealkylation sites (tertiary alicyclic amines) is 1. The zero-order valence-electron chi connectivity index (χ0n) is 18.3. The van der Waals surface area contributed by atoms with Gasteiger partial charge in [0.05, 0.1) is 5.41 Å². The van der Waals surface area contributed by atoms with Crippen molar-refractivity contribution in [1.82, 2.24) is 20.2 Å². The largest absolute Gasteiger partial charge is 0.356 e. The van der Waals surface area contributed by atoms with Gasteiger partial charge in [-0.05, 0) is 55.5 Å². The van der Waals surface area contributed by atoms with Crippen LogP contribution in [0.1, 0.15) is 35.8 Å². The van der Waals surface area contributed by atoms with Crippen molar-refractivity contribution >= 4 is 11.8 Å². The van der Waals surface area contributed by atoms with Crippen LogP contribution in [0, 0.1) is 5.41 Å². The SMILES string of the molecule is CCNC(=O)[C@@]1(Cc2ccccc2-c2cccnc2)CCCN(C(=O)c2ccccn2)C1. The molecule has 3 heterocycles. The number of nitrogens with zero attached hydrogens (tertiary/aromatic N) is 3.